The molecule has 0 radical (unpaired) electrons. The van der Waals surface area contributed by atoms with E-state index in [-0.39, 0.29) is 0 Å². The van der Waals surface area contributed by atoms with Crippen LogP contribution in [0.5, 0.6) is 11.5 Å². The average Bonchev–Trinajstić information content (AvgIpc) is 2.57. The molecule has 2 rings (SSSR count). The van der Waals surface area contributed by atoms with Gasteiger partial charge in [-0.2, -0.15) is 0 Å². The summed E-state index contributed by atoms with van der Waals surface area (Å²) >= 11 is 6.75. The van der Waals surface area contributed by atoms with Gasteiger partial charge in [0, 0.05) is 0 Å². The Bertz CT molecular complexity index is 931. The Morgan fingerprint density at radius 2 is 0.926 bits per heavy atom. The summed E-state index contributed by atoms with van der Waals surface area (Å²) in [5, 5.41) is 17.5. The first-order chi connectivity index (χ1) is 12.4. The van der Waals surface area contributed by atoms with Gasteiger partial charge in [-0.1, -0.05) is 0 Å². The van der Waals surface area contributed by atoms with Crippen LogP contribution in [-0.2, 0) is 0 Å². The van der Waals surface area contributed by atoms with Gasteiger partial charge in [0.25, 0.3) is 0 Å². The largest absolute Gasteiger partial charge is 0.477 e. The molecule has 0 aliphatic rings. The minimum atomic E-state index is -2.27. The molecule has 0 bridgehead atoms. The fourth-order valence-corrected chi connectivity index (χ4v) is 2.40. The molecule has 2 aromatic rings. The third-order valence-corrected chi connectivity index (χ3v) is 3.94. The molecule has 0 saturated carbocycles. The molecule has 0 fully saturated rings. The predicted molar refractivity (Wildman–Crippen MR) is 81.1 cm³/mol. The Labute approximate surface area is 156 Å². The number of rotatable bonds is 4. The normalized spacial score (nSPS) is 10.8. The number of carbonyl (C=O) groups is 2. The summed E-state index contributed by atoms with van der Waals surface area (Å²) in [6, 6.07) is 0. The van der Waals surface area contributed by atoms with E-state index in [1.165, 1.54) is 0 Å². The smallest absolute Gasteiger partial charge is 0.341 e. The van der Waals surface area contributed by atoms with Crippen molar-refractivity contribution in [3.8, 4) is 11.5 Å². The van der Waals surface area contributed by atoms with E-state index < -0.39 is 79.3 Å². The van der Waals surface area contributed by atoms with Crippen molar-refractivity contribution >= 4 is 37.2 Å². The highest BCUT2D eigenvalue weighted by atomic mass is 32.1. The summed E-state index contributed by atoms with van der Waals surface area (Å²) < 4.78 is 87.6. The van der Waals surface area contributed by atoms with E-state index in [4.69, 9.17) is 10.2 Å². The number of ether oxygens (including phenoxy) is 1. The fraction of sp³-hybridized carbons (Fsp3) is 0. The van der Waals surface area contributed by atoms with Gasteiger partial charge >= 0.3 is 11.9 Å². The van der Waals surface area contributed by atoms with Crippen LogP contribution in [0.4, 0.5) is 26.3 Å². The number of hydrogen-bond donors (Lipinski definition) is 4. The summed E-state index contributed by atoms with van der Waals surface area (Å²) in [7, 11) is 0. The van der Waals surface area contributed by atoms with Crippen LogP contribution in [0.25, 0.3) is 0 Å². The Morgan fingerprint density at radius 1 is 0.630 bits per heavy atom. The first-order valence-electron chi connectivity index (χ1n) is 6.34. The van der Waals surface area contributed by atoms with Gasteiger partial charge in [-0.15, -0.1) is 25.3 Å². The number of carboxylic acid groups (broad SMARTS) is 2. The van der Waals surface area contributed by atoms with Crippen molar-refractivity contribution < 1.29 is 50.9 Å². The zero-order valence-electron chi connectivity index (χ0n) is 12.3. The van der Waals surface area contributed by atoms with Gasteiger partial charge in [0.1, 0.15) is 11.1 Å². The summed E-state index contributed by atoms with van der Waals surface area (Å²) in [6.45, 7) is 0. The highest BCUT2D eigenvalue weighted by Gasteiger charge is 2.33. The van der Waals surface area contributed by atoms with Gasteiger partial charge in [-0.05, 0) is 0 Å². The van der Waals surface area contributed by atoms with Crippen molar-refractivity contribution in [2.75, 3.05) is 0 Å². The number of aromatic carboxylic acids is 2. The molecular weight excluding hydrogens is 426 g/mol. The second kappa shape index (κ2) is 7.23. The van der Waals surface area contributed by atoms with Crippen LogP contribution in [-0.4, -0.2) is 22.2 Å². The van der Waals surface area contributed by atoms with E-state index in [9.17, 15) is 35.9 Å². The number of halogens is 6. The van der Waals surface area contributed by atoms with Crippen molar-refractivity contribution in [3.63, 3.8) is 0 Å². The zero-order valence-corrected chi connectivity index (χ0v) is 14.1. The third kappa shape index (κ3) is 3.27. The summed E-state index contributed by atoms with van der Waals surface area (Å²) in [5.74, 6) is -20.0. The second-order valence-corrected chi connectivity index (χ2v) is 5.60. The molecule has 13 heteroatoms. The van der Waals surface area contributed by atoms with Crippen LogP contribution < -0.4 is 4.74 Å². The highest BCUT2D eigenvalue weighted by molar-refractivity contribution is 7.80. The zero-order chi connectivity index (χ0) is 20.8. The number of benzene rings is 2. The topological polar surface area (TPSA) is 83.8 Å². The maximum Gasteiger partial charge on any atom is 0.341 e. The lowest BCUT2D eigenvalue weighted by Crippen LogP contribution is -2.12. The van der Waals surface area contributed by atoms with Crippen molar-refractivity contribution in [1.82, 2.24) is 0 Å². The van der Waals surface area contributed by atoms with Crippen LogP contribution in [0.15, 0.2) is 9.79 Å². The van der Waals surface area contributed by atoms with Crippen molar-refractivity contribution in [1.29, 1.82) is 0 Å². The Morgan fingerprint density at radius 3 is 1.19 bits per heavy atom. The fourth-order valence-electron chi connectivity index (χ4n) is 1.92. The van der Waals surface area contributed by atoms with Crippen molar-refractivity contribution in [2.45, 2.75) is 9.79 Å². The molecule has 0 spiro atoms. The molecule has 0 heterocycles. The van der Waals surface area contributed by atoms with Crippen LogP contribution in [0.1, 0.15) is 20.7 Å². The molecular formula is C14H4F6O5S2. The Balaban J connectivity index is 2.83. The molecule has 27 heavy (non-hydrogen) atoms. The number of hydrogen-bond acceptors (Lipinski definition) is 5. The summed E-state index contributed by atoms with van der Waals surface area (Å²) in [6.07, 6.45) is 0. The molecule has 2 N–H and O–H groups in total. The minimum Gasteiger partial charge on any atom is -0.477 e. The van der Waals surface area contributed by atoms with Crippen molar-refractivity contribution in [2.24, 2.45) is 0 Å². The van der Waals surface area contributed by atoms with Gasteiger partial charge in [-0.3, -0.25) is 0 Å². The van der Waals surface area contributed by atoms with E-state index in [0.29, 0.717) is 0 Å². The molecule has 5 nitrogen and oxygen atoms in total. The number of thiol groups is 2. The van der Waals surface area contributed by atoms with Crippen LogP contribution in [0.2, 0.25) is 0 Å². The highest BCUT2D eigenvalue weighted by Crippen LogP contribution is 2.41. The molecule has 0 aliphatic carbocycles. The molecule has 0 saturated heterocycles. The lowest BCUT2D eigenvalue weighted by atomic mass is 10.1. The summed E-state index contributed by atoms with van der Waals surface area (Å²) in [5.41, 5.74) is -3.69. The average molecular weight is 430 g/mol. The van der Waals surface area contributed by atoms with E-state index in [0.717, 1.165) is 0 Å². The summed E-state index contributed by atoms with van der Waals surface area (Å²) in [4.78, 5) is 19.2. The Hall–Kier alpha value is -2.54. The van der Waals surface area contributed by atoms with E-state index in [1.54, 1.807) is 0 Å². The molecule has 0 amide bonds. The maximum atomic E-state index is 14.2. The van der Waals surface area contributed by atoms with Gasteiger partial charge < -0.3 is 14.9 Å². The molecule has 0 atom stereocenters. The first-order valence-corrected chi connectivity index (χ1v) is 7.24. The first kappa shape index (κ1) is 20.8. The van der Waals surface area contributed by atoms with Gasteiger partial charge in [-0.25, -0.2) is 35.9 Å². The lowest BCUT2D eigenvalue weighted by molar-refractivity contribution is 0.0673. The molecule has 0 unspecified atom stereocenters. The van der Waals surface area contributed by atoms with Crippen LogP contribution in [0.3, 0.4) is 0 Å². The van der Waals surface area contributed by atoms with E-state index >= 15 is 0 Å². The quantitative estimate of drug-likeness (QED) is 0.331. The predicted octanol–water partition coefficient (Wildman–Crippen LogP) is 4.29. The van der Waals surface area contributed by atoms with E-state index in [1.807, 2.05) is 0 Å². The molecule has 2 aromatic carbocycles. The van der Waals surface area contributed by atoms with Gasteiger partial charge in [0.05, 0.1) is 9.79 Å². The molecule has 0 aromatic heterocycles. The van der Waals surface area contributed by atoms with Gasteiger partial charge in [0.15, 0.2) is 46.4 Å². The van der Waals surface area contributed by atoms with Gasteiger partial charge in [0.2, 0.25) is 0 Å². The molecule has 144 valence electrons. The minimum absolute atomic E-state index is 1.29. The third-order valence-electron chi connectivity index (χ3n) is 3.14. The molecule has 0 aliphatic heterocycles. The second-order valence-electron chi connectivity index (χ2n) is 4.70. The standard InChI is InChI=1S/C14H4F6O5S2/c15-3-1(13(21)22)5(17)9(11(26)7(3)19)25-10-6(18)2(14(23)24)4(16)8(20)12(10)27/h26-27H,(H,21,22)(H,23,24). The maximum absolute atomic E-state index is 14.2. The lowest BCUT2D eigenvalue weighted by Gasteiger charge is -2.16. The van der Waals surface area contributed by atoms with Crippen molar-refractivity contribution in [3.05, 3.63) is 46.0 Å². The van der Waals surface area contributed by atoms with Crippen LogP contribution in [0, 0.1) is 34.9 Å². The SMILES string of the molecule is O=C(O)c1c(F)c(F)c(S)c(Oc2c(F)c(C(=O)O)c(F)c(F)c2S)c1F. The van der Waals surface area contributed by atoms with Crippen LogP contribution >= 0.6 is 25.3 Å². The number of carboxylic acids is 2. The van der Waals surface area contributed by atoms with E-state index in [2.05, 4.69) is 30.0 Å². The Kier molecular flexibility index (Phi) is 5.56. The monoisotopic (exact) mass is 430 g/mol.